The SMILES string of the molecule is CS(=O)(=O)NCCCSc1nnc(-c2ccc(F)cc2)n1Cc1ccccc1. The number of halogens is 1. The molecule has 0 aliphatic carbocycles. The first kappa shape index (κ1) is 20.5. The van der Waals surface area contributed by atoms with Crippen molar-refractivity contribution in [1.82, 2.24) is 19.5 Å². The van der Waals surface area contributed by atoms with E-state index < -0.39 is 10.0 Å². The monoisotopic (exact) mass is 420 g/mol. The summed E-state index contributed by atoms with van der Waals surface area (Å²) in [6.07, 6.45) is 1.81. The van der Waals surface area contributed by atoms with E-state index in [4.69, 9.17) is 0 Å². The minimum Gasteiger partial charge on any atom is -0.298 e. The van der Waals surface area contributed by atoms with Gasteiger partial charge in [0.15, 0.2) is 11.0 Å². The number of sulfonamides is 1. The third kappa shape index (κ3) is 5.88. The Kier molecular flexibility index (Phi) is 6.82. The minimum atomic E-state index is -3.18. The Morgan fingerprint density at radius 3 is 2.46 bits per heavy atom. The Balaban J connectivity index is 1.78. The predicted molar refractivity (Wildman–Crippen MR) is 109 cm³/mol. The third-order valence-corrected chi connectivity index (χ3v) is 5.70. The van der Waals surface area contributed by atoms with E-state index in [0.29, 0.717) is 31.1 Å². The molecule has 1 N–H and O–H groups in total. The van der Waals surface area contributed by atoms with Gasteiger partial charge in [-0.15, -0.1) is 10.2 Å². The van der Waals surface area contributed by atoms with Crippen LogP contribution in [0.5, 0.6) is 0 Å². The Hall–Kier alpha value is -2.23. The maximum Gasteiger partial charge on any atom is 0.208 e. The summed E-state index contributed by atoms with van der Waals surface area (Å²) in [4.78, 5) is 0. The number of thioether (sulfide) groups is 1. The van der Waals surface area contributed by atoms with E-state index in [1.165, 1.54) is 23.9 Å². The molecule has 0 spiro atoms. The molecule has 0 fully saturated rings. The number of hydrogen-bond acceptors (Lipinski definition) is 5. The molecule has 6 nitrogen and oxygen atoms in total. The number of benzene rings is 2. The van der Waals surface area contributed by atoms with Crippen molar-refractivity contribution in [3.8, 4) is 11.4 Å². The highest BCUT2D eigenvalue weighted by atomic mass is 32.2. The molecule has 148 valence electrons. The van der Waals surface area contributed by atoms with Crippen molar-refractivity contribution in [2.75, 3.05) is 18.6 Å². The lowest BCUT2D eigenvalue weighted by Crippen LogP contribution is -2.23. The highest BCUT2D eigenvalue weighted by Gasteiger charge is 2.15. The van der Waals surface area contributed by atoms with Crippen molar-refractivity contribution in [3.05, 3.63) is 66.0 Å². The van der Waals surface area contributed by atoms with E-state index >= 15 is 0 Å². The van der Waals surface area contributed by atoms with Crippen LogP contribution in [-0.2, 0) is 16.6 Å². The van der Waals surface area contributed by atoms with Gasteiger partial charge >= 0.3 is 0 Å². The summed E-state index contributed by atoms with van der Waals surface area (Å²) in [5.74, 6) is 1.06. The maximum absolute atomic E-state index is 13.3. The van der Waals surface area contributed by atoms with Crippen molar-refractivity contribution >= 4 is 21.8 Å². The van der Waals surface area contributed by atoms with Gasteiger partial charge < -0.3 is 0 Å². The van der Waals surface area contributed by atoms with Crippen LogP contribution in [0.3, 0.4) is 0 Å². The fraction of sp³-hybridized carbons (Fsp3) is 0.263. The molecule has 9 heteroatoms. The quantitative estimate of drug-likeness (QED) is 0.425. The standard InChI is InChI=1S/C19H21FN4O2S2/c1-28(25,26)21-12-5-13-27-19-23-22-18(16-8-10-17(20)11-9-16)24(19)14-15-6-3-2-4-7-15/h2-4,6-11,21H,5,12-14H2,1H3. The predicted octanol–water partition coefficient (Wildman–Crippen LogP) is 3.16. The van der Waals surface area contributed by atoms with Crippen LogP contribution in [0.2, 0.25) is 0 Å². The summed E-state index contributed by atoms with van der Waals surface area (Å²) >= 11 is 1.52. The van der Waals surface area contributed by atoms with E-state index in [2.05, 4.69) is 14.9 Å². The molecule has 2 aromatic carbocycles. The van der Waals surface area contributed by atoms with E-state index in [1.807, 2.05) is 34.9 Å². The second-order valence-electron chi connectivity index (χ2n) is 6.25. The van der Waals surface area contributed by atoms with E-state index in [0.717, 1.165) is 22.5 Å². The molecule has 0 amide bonds. The van der Waals surface area contributed by atoms with Crippen molar-refractivity contribution < 1.29 is 12.8 Å². The molecule has 0 atom stereocenters. The van der Waals surface area contributed by atoms with Crippen LogP contribution in [0, 0.1) is 5.82 Å². The lowest BCUT2D eigenvalue weighted by molar-refractivity contribution is 0.587. The van der Waals surface area contributed by atoms with Crippen LogP contribution in [0.15, 0.2) is 59.8 Å². The number of nitrogens with zero attached hydrogens (tertiary/aromatic N) is 3. The summed E-state index contributed by atoms with van der Waals surface area (Å²) in [5, 5.41) is 9.35. The van der Waals surface area contributed by atoms with Crippen LogP contribution < -0.4 is 4.72 Å². The number of rotatable bonds is 9. The van der Waals surface area contributed by atoms with Crippen LogP contribution in [0.4, 0.5) is 4.39 Å². The average Bonchev–Trinajstić information content (AvgIpc) is 3.04. The van der Waals surface area contributed by atoms with Gasteiger partial charge in [0.1, 0.15) is 5.82 Å². The Morgan fingerprint density at radius 1 is 1.07 bits per heavy atom. The summed E-state index contributed by atoms with van der Waals surface area (Å²) in [7, 11) is -3.18. The second kappa shape index (κ2) is 9.31. The smallest absolute Gasteiger partial charge is 0.208 e. The maximum atomic E-state index is 13.3. The summed E-state index contributed by atoms with van der Waals surface area (Å²) in [6.45, 7) is 0.966. The molecule has 0 unspecified atom stereocenters. The third-order valence-electron chi connectivity index (χ3n) is 3.92. The van der Waals surface area contributed by atoms with E-state index in [1.54, 1.807) is 12.1 Å². The number of aromatic nitrogens is 3. The lowest BCUT2D eigenvalue weighted by Gasteiger charge is -2.10. The lowest BCUT2D eigenvalue weighted by atomic mass is 10.2. The molecule has 3 aromatic rings. The zero-order valence-corrected chi connectivity index (χ0v) is 17.0. The van der Waals surface area contributed by atoms with Crippen LogP contribution in [0.25, 0.3) is 11.4 Å². The summed E-state index contributed by atoms with van der Waals surface area (Å²) in [6, 6.07) is 16.1. The van der Waals surface area contributed by atoms with Gasteiger partial charge in [-0.3, -0.25) is 4.57 Å². The van der Waals surface area contributed by atoms with E-state index in [9.17, 15) is 12.8 Å². The number of hydrogen-bond donors (Lipinski definition) is 1. The molecule has 0 aliphatic rings. The number of nitrogens with one attached hydrogen (secondary N) is 1. The molecule has 3 rings (SSSR count). The average molecular weight is 421 g/mol. The highest BCUT2D eigenvalue weighted by molar-refractivity contribution is 7.99. The van der Waals surface area contributed by atoms with Gasteiger partial charge in [-0.1, -0.05) is 42.1 Å². The van der Waals surface area contributed by atoms with Crippen molar-refractivity contribution in [2.45, 2.75) is 18.1 Å². The molecule has 28 heavy (non-hydrogen) atoms. The molecule has 0 bridgehead atoms. The van der Waals surface area contributed by atoms with Gasteiger partial charge in [0.05, 0.1) is 12.8 Å². The molecule has 0 aliphatic heterocycles. The minimum absolute atomic E-state index is 0.300. The van der Waals surface area contributed by atoms with Gasteiger partial charge in [0.25, 0.3) is 0 Å². The fourth-order valence-corrected chi connectivity index (χ4v) is 4.00. The fourth-order valence-electron chi connectivity index (χ4n) is 2.61. The van der Waals surface area contributed by atoms with Crippen molar-refractivity contribution in [3.63, 3.8) is 0 Å². The summed E-state index contributed by atoms with van der Waals surface area (Å²) < 4.78 is 40.0. The first-order valence-corrected chi connectivity index (χ1v) is 11.6. The van der Waals surface area contributed by atoms with Gasteiger partial charge in [-0.25, -0.2) is 17.5 Å². The Morgan fingerprint density at radius 2 is 1.79 bits per heavy atom. The Labute approximate surface area is 168 Å². The van der Waals surface area contributed by atoms with Gasteiger partial charge in [-0.05, 0) is 36.2 Å². The van der Waals surface area contributed by atoms with E-state index in [-0.39, 0.29) is 5.82 Å². The molecule has 0 saturated heterocycles. The summed E-state index contributed by atoms with van der Waals surface area (Å²) in [5.41, 5.74) is 1.89. The van der Waals surface area contributed by atoms with Crippen molar-refractivity contribution in [1.29, 1.82) is 0 Å². The Bertz CT molecular complexity index is 1010. The van der Waals surface area contributed by atoms with Crippen LogP contribution >= 0.6 is 11.8 Å². The van der Waals surface area contributed by atoms with Gasteiger partial charge in [0, 0.05) is 17.9 Å². The van der Waals surface area contributed by atoms with Gasteiger partial charge in [-0.2, -0.15) is 0 Å². The second-order valence-corrected chi connectivity index (χ2v) is 9.15. The van der Waals surface area contributed by atoms with Crippen LogP contribution in [-0.4, -0.2) is 41.7 Å². The van der Waals surface area contributed by atoms with Crippen LogP contribution in [0.1, 0.15) is 12.0 Å². The topological polar surface area (TPSA) is 76.9 Å². The molecular formula is C19H21FN4O2S2. The molecular weight excluding hydrogens is 399 g/mol. The first-order valence-electron chi connectivity index (χ1n) is 8.73. The highest BCUT2D eigenvalue weighted by Crippen LogP contribution is 2.25. The zero-order valence-electron chi connectivity index (χ0n) is 15.4. The molecule has 0 radical (unpaired) electrons. The molecule has 0 saturated carbocycles. The normalized spacial score (nSPS) is 11.6. The first-order chi connectivity index (χ1) is 13.4. The van der Waals surface area contributed by atoms with Gasteiger partial charge in [0.2, 0.25) is 10.0 Å². The van der Waals surface area contributed by atoms with Crippen molar-refractivity contribution in [2.24, 2.45) is 0 Å². The zero-order chi connectivity index (χ0) is 20.0. The molecule has 1 aromatic heterocycles. The molecule has 1 heterocycles. The largest absolute Gasteiger partial charge is 0.298 e.